The highest BCUT2D eigenvalue weighted by molar-refractivity contribution is 7.11. The molecule has 0 aliphatic heterocycles. The molecular weight excluding hydrogens is 268 g/mol. The van der Waals surface area contributed by atoms with Crippen LogP contribution in [0.4, 0.5) is 11.4 Å². The Morgan fingerprint density at radius 3 is 2.75 bits per heavy atom. The molecule has 2 aromatic rings. The van der Waals surface area contributed by atoms with Crippen LogP contribution in [0.5, 0.6) is 5.75 Å². The Morgan fingerprint density at radius 2 is 2.10 bits per heavy atom. The van der Waals surface area contributed by atoms with Gasteiger partial charge in [0, 0.05) is 34.0 Å². The van der Waals surface area contributed by atoms with Crippen LogP contribution in [-0.4, -0.2) is 12.6 Å². The summed E-state index contributed by atoms with van der Waals surface area (Å²) in [5, 5.41) is 3.50. The second kappa shape index (κ2) is 6.66. The molecule has 0 aliphatic rings. The van der Waals surface area contributed by atoms with Gasteiger partial charge in [-0.3, -0.25) is 0 Å². The lowest BCUT2D eigenvalue weighted by molar-refractivity contribution is 0.342. The Morgan fingerprint density at radius 1 is 1.30 bits per heavy atom. The predicted molar refractivity (Wildman–Crippen MR) is 87.9 cm³/mol. The lowest BCUT2D eigenvalue weighted by atomic mass is 10.2. The fourth-order valence-corrected chi connectivity index (χ4v) is 3.16. The van der Waals surface area contributed by atoms with E-state index in [1.807, 2.05) is 36.5 Å². The summed E-state index contributed by atoms with van der Waals surface area (Å²) in [4.78, 5) is 2.77. The third kappa shape index (κ3) is 3.90. The van der Waals surface area contributed by atoms with E-state index in [4.69, 9.17) is 10.5 Å². The van der Waals surface area contributed by atoms with E-state index in [0.717, 1.165) is 17.9 Å². The van der Waals surface area contributed by atoms with Crippen molar-refractivity contribution in [2.75, 3.05) is 17.7 Å². The van der Waals surface area contributed by atoms with Crippen molar-refractivity contribution in [2.24, 2.45) is 0 Å². The van der Waals surface area contributed by atoms with Crippen LogP contribution in [0.3, 0.4) is 0 Å². The van der Waals surface area contributed by atoms with Crippen molar-refractivity contribution in [3.63, 3.8) is 0 Å². The average Bonchev–Trinajstić information content (AvgIpc) is 2.79. The Bertz CT molecular complexity index is 565. The summed E-state index contributed by atoms with van der Waals surface area (Å²) in [6.07, 6.45) is 1.02. The van der Waals surface area contributed by atoms with Crippen LogP contribution < -0.4 is 15.8 Å². The summed E-state index contributed by atoms with van der Waals surface area (Å²) in [6, 6.07) is 10.6. The first-order valence-electron chi connectivity index (χ1n) is 6.92. The maximum Gasteiger partial charge on any atom is 0.144 e. The molecule has 0 fully saturated rings. The van der Waals surface area contributed by atoms with Crippen molar-refractivity contribution >= 4 is 22.7 Å². The Hall–Kier alpha value is -1.68. The van der Waals surface area contributed by atoms with Gasteiger partial charge < -0.3 is 15.8 Å². The molecule has 1 aromatic carbocycles. The Kier molecular flexibility index (Phi) is 4.90. The summed E-state index contributed by atoms with van der Waals surface area (Å²) < 4.78 is 5.52. The number of ether oxygens (including phenoxy) is 1. The molecule has 3 nitrogen and oxygen atoms in total. The molecule has 0 spiro atoms. The first-order valence-corrected chi connectivity index (χ1v) is 7.74. The summed E-state index contributed by atoms with van der Waals surface area (Å²) in [7, 11) is 0. The number of benzene rings is 1. The zero-order chi connectivity index (χ0) is 14.5. The molecule has 0 radical (unpaired) electrons. The van der Waals surface area contributed by atoms with Crippen LogP contribution in [-0.2, 0) is 6.42 Å². The highest BCUT2D eigenvalue weighted by Gasteiger charge is 2.07. The van der Waals surface area contributed by atoms with Crippen molar-refractivity contribution < 1.29 is 4.74 Å². The monoisotopic (exact) mass is 290 g/mol. The molecule has 20 heavy (non-hydrogen) atoms. The Labute approximate surface area is 124 Å². The minimum absolute atomic E-state index is 0.367. The van der Waals surface area contributed by atoms with Gasteiger partial charge in [0.1, 0.15) is 5.75 Å². The molecule has 0 amide bonds. The van der Waals surface area contributed by atoms with Crippen molar-refractivity contribution in [3.05, 3.63) is 40.1 Å². The second-order valence-corrected chi connectivity index (χ2v) is 6.32. The van der Waals surface area contributed by atoms with E-state index in [0.29, 0.717) is 18.3 Å². The number of thiophene rings is 1. The zero-order valence-corrected chi connectivity index (χ0v) is 13.1. The topological polar surface area (TPSA) is 47.3 Å². The van der Waals surface area contributed by atoms with Crippen molar-refractivity contribution in [1.82, 2.24) is 0 Å². The molecule has 4 heteroatoms. The number of anilines is 2. The van der Waals surface area contributed by atoms with E-state index < -0.39 is 0 Å². The first kappa shape index (κ1) is 14.7. The minimum atomic E-state index is 0.367. The van der Waals surface area contributed by atoms with Gasteiger partial charge in [-0.05, 0) is 45.0 Å². The van der Waals surface area contributed by atoms with Gasteiger partial charge in [0.25, 0.3) is 0 Å². The molecule has 2 rings (SSSR count). The molecule has 1 aromatic heterocycles. The quantitative estimate of drug-likeness (QED) is 0.788. The van der Waals surface area contributed by atoms with Gasteiger partial charge in [-0.15, -0.1) is 11.3 Å². The molecule has 1 unspecified atom stereocenters. The van der Waals surface area contributed by atoms with E-state index in [1.165, 1.54) is 9.75 Å². The smallest absolute Gasteiger partial charge is 0.144 e. The highest BCUT2D eigenvalue weighted by atomic mass is 32.1. The molecule has 1 heterocycles. The number of nitrogen functional groups attached to an aromatic ring is 1. The number of nitrogens with one attached hydrogen (secondary N) is 1. The zero-order valence-electron chi connectivity index (χ0n) is 12.3. The SMILES string of the molecule is CCOc1cc(NC(C)Cc2ccc(C)s2)ccc1N. The van der Waals surface area contributed by atoms with Crippen molar-refractivity contribution in [3.8, 4) is 5.75 Å². The van der Waals surface area contributed by atoms with Gasteiger partial charge in [-0.2, -0.15) is 0 Å². The van der Waals surface area contributed by atoms with Crippen molar-refractivity contribution in [2.45, 2.75) is 33.2 Å². The summed E-state index contributed by atoms with van der Waals surface area (Å²) in [6.45, 7) is 6.91. The van der Waals surface area contributed by atoms with Crippen LogP contribution >= 0.6 is 11.3 Å². The predicted octanol–water partition coefficient (Wildman–Crippen LogP) is 4.08. The number of aryl methyl sites for hydroxylation is 1. The third-order valence-electron chi connectivity index (χ3n) is 3.03. The normalized spacial score (nSPS) is 12.2. The molecular formula is C16H22N2OS. The largest absolute Gasteiger partial charge is 0.492 e. The molecule has 0 saturated carbocycles. The fraction of sp³-hybridized carbons (Fsp3) is 0.375. The molecule has 108 valence electrons. The number of rotatable bonds is 6. The minimum Gasteiger partial charge on any atom is -0.492 e. The van der Waals surface area contributed by atoms with Gasteiger partial charge >= 0.3 is 0 Å². The van der Waals surface area contributed by atoms with Crippen LogP contribution in [0.15, 0.2) is 30.3 Å². The van der Waals surface area contributed by atoms with Crippen LogP contribution in [0.2, 0.25) is 0 Å². The molecule has 0 aliphatic carbocycles. The first-order chi connectivity index (χ1) is 9.58. The van der Waals surface area contributed by atoms with E-state index in [9.17, 15) is 0 Å². The van der Waals surface area contributed by atoms with Gasteiger partial charge in [-0.1, -0.05) is 0 Å². The maximum absolute atomic E-state index is 5.88. The van der Waals surface area contributed by atoms with Crippen LogP contribution in [0, 0.1) is 6.92 Å². The van der Waals surface area contributed by atoms with Gasteiger partial charge in [0.15, 0.2) is 0 Å². The molecule has 1 atom stereocenters. The van der Waals surface area contributed by atoms with E-state index in [1.54, 1.807) is 0 Å². The Balaban J connectivity index is 2.00. The van der Waals surface area contributed by atoms with Crippen LogP contribution in [0.1, 0.15) is 23.6 Å². The fourth-order valence-electron chi connectivity index (χ4n) is 2.14. The molecule has 0 bridgehead atoms. The maximum atomic E-state index is 5.88. The highest BCUT2D eigenvalue weighted by Crippen LogP contribution is 2.26. The van der Waals surface area contributed by atoms with Gasteiger partial charge in [0.05, 0.1) is 12.3 Å². The van der Waals surface area contributed by atoms with Crippen LogP contribution in [0.25, 0.3) is 0 Å². The molecule has 3 N–H and O–H groups in total. The standard InChI is InChI=1S/C16H22N2OS/c1-4-19-16-10-13(6-8-15(16)17)18-11(2)9-14-7-5-12(3)20-14/h5-8,10-11,18H,4,9,17H2,1-3H3. The number of hydrogen-bond acceptors (Lipinski definition) is 4. The molecule has 0 saturated heterocycles. The van der Waals surface area contributed by atoms with Crippen molar-refractivity contribution in [1.29, 1.82) is 0 Å². The van der Waals surface area contributed by atoms with Gasteiger partial charge in [-0.25, -0.2) is 0 Å². The number of nitrogens with two attached hydrogens (primary N) is 1. The van der Waals surface area contributed by atoms with E-state index in [2.05, 4.69) is 31.3 Å². The second-order valence-electron chi connectivity index (χ2n) is 4.95. The average molecular weight is 290 g/mol. The lowest BCUT2D eigenvalue weighted by Crippen LogP contribution is -2.17. The lowest BCUT2D eigenvalue weighted by Gasteiger charge is -2.16. The van der Waals surface area contributed by atoms with E-state index in [-0.39, 0.29) is 0 Å². The summed E-state index contributed by atoms with van der Waals surface area (Å²) in [5.41, 5.74) is 7.61. The summed E-state index contributed by atoms with van der Waals surface area (Å²) >= 11 is 1.86. The van der Waals surface area contributed by atoms with Gasteiger partial charge in [0.2, 0.25) is 0 Å². The third-order valence-corrected chi connectivity index (χ3v) is 4.05. The van der Waals surface area contributed by atoms with E-state index >= 15 is 0 Å². The summed E-state index contributed by atoms with van der Waals surface area (Å²) in [5.74, 6) is 0.747. The number of hydrogen-bond donors (Lipinski definition) is 2.